The number of hydrogen-bond donors (Lipinski definition) is 1. The van der Waals surface area contributed by atoms with Crippen molar-refractivity contribution in [3.63, 3.8) is 0 Å². The first kappa shape index (κ1) is 13.8. The Kier molecular flexibility index (Phi) is 4.07. The number of aryl methyl sites for hydroxylation is 1. The summed E-state index contributed by atoms with van der Waals surface area (Å²) in [4.78, 5) is 15.2. The Bertz CT molecular complexity index is 646. The fraction of sp³-hybridized carbons (Fsp3) is 0.0769. The van der Waals surface area contributed by atoms with Crippen LogP contribution in [-0.4, -0.2) is 16.1 Å². The number of hydrogen-bond acceptors (Lipinski definition) is 3. The summed E-state index contributed by atoms with van der Waals surface area (Å²) in [6.45, 7) is 1.68. The number of carbonyl (C=O) groups is 1. The van der Waals surface area contributed by atoms with Crippen molar-refractivity contribution in [1.29, 1.82) is 0 Å². The lowest BCUT2D eigenvalue weighted by Gasteiger charge is -2.10. The van der Waals surface area contributed by atoms with Crippen LogP contribution in [0.4, 0.5) is 0 Å². The van der Waals surface area contributed by atoms with Crippen molar-refractivity contribution in [1.82, 2.24) is 4.98 Å². The topological polar surface area (TPSA) is 59.4 Å². The molecule has 2 rings (SSSR count). The van der Waals surface area contributed by atoms with Crippen LogP contribution >= 0.6 is 27.5 Å². The first-order chi connectivity index (χ1) is 8.99. The molecule has 98 valence electrons. The molecular formula is C13H9BrClNO3. The highest BCUT2D eigenvalue weighted by Crippen LogP contribution is 2.32. The minimum absolute atomic E-state index is 0.0247. The molecule has 0 spiro atoms. The lowest BCUT2D eigenvalue weighted by atomic mass is 10.1. The summed E-state index contributed by atoms with van der Waals surface area (Å²) in [5.41, 5.74) is 0.604. The van der Waals surface area contributed by atoms with Crippen molar-refractivity contribution in [2.75, 3.05) is 0 Å². The molecule has 0 fully saturated rings. The van der Waals surface area contributed by atoms with Crippen LogP contribution in [0, 0.1) is 6.92 Å². The maximum atomic E-state index is 11.2. The van der Waals surface area contributed by atoms with Crippen LogP contribution in [0.2, 0.25) is 5.02 Å². The molecule has 0 bridgehead atoms. The van der Waals surface area contributed by atoms with Crippen molar-refractivity contribution in [3.05, 3.63) is 51.1 Å². The number of ether oxygens (including phenoxy) is 1. The molecule has 0 saturated carbocycles. The zero-order valence-electron chi connectivity index (χ0n) is 9.85. The van der Waals surface area contributed by atoms with Gasteiger partial charge in [0.25, 0.3) is 0 Å². The number of aromatic carboxylic acids is 1. The lowest BCUT2D eigenvalue weighted by molar-refractivity contribution is 0.0692. The van der Waals surface area contributed by atoms with Crippen LogP contribution < -0.4 is 4.74 Å². The van der Waals surface area contributed by atoms with E-state index in [1.165, 1.54) is 6.20 Å². The Hall–Kier alpha value is -1.59. The normalized spacial score (nSPS) is 10.3. The summed E-state index contributed by atoms with van der Waals surface area (Å²) in [6, 6.07) is 6.66. The lowest BCUT2D eigenvalue weighted by Crippen LogP contribution is -2.04. The van der Waals surface area contributed by atoms with Gasteiger partial charge in [-0.2, -0.15) is 0 Å². The van der Waals surface area contributed by atoms with E-state index < -0.39 is 5.97 Å². The van der Waals surface area contributed by atoms with Gasteiger partial charge in [0.05, 0.1) is 5.02 Å². The fourth-order valence-corrected chi connectivity index (χ4v) is 2.24. The first-order valence-electron chi connectivity index (χ1n) is 5.31. The van der Waals surface area contributed by atoms with Gasteiger partial charge in [-0.3, -0.25) is 0 Å². The molecule has 1 aromatic carbocycles. The second-order valence-corrected chi connectivity index (χ2v) is 5.11. The van der Waals surface area contributed by atoms with Gasteiger partial charge < -0.3 is 9.84 Å². The average Bonchev–Trinajstić information content (AvgIpc) is 2.32. The first-order valence-corrected chi connectivity index (χ1v) is 6.48. The largest absolute Gasteiger partial charge is 0.477 e. The monoisotopic (exact) mass is 341 g/mol. The molecule has 0 unspecified atom stereocenters. The van der Waals surface area contributed by atoms with Crippen molar-refractivity contribution < 1.29 is 14.6 Å². The van der Waals surface area contributed by atoms with Gasteiger partial charge in [0, 0.05) is 10.7 Å². The molecule has 4 nitrogen and oxygen atoms in total. The predicted octanol–water partition coefficient (Wildman–Crippen LogP) is 4.30. The zero-order valence-corrected chi connectivity index (χ0v) is 12.2. The SMILES string of the molecule is Cc1ccnc(Oc2ccc(Br)cc2Cl)c1C(=O)O. The maximum Gasteiger partial charge on any atom is 0.341 e. The van der Waals surface area contributed by atoms with Crippen LogP contribution in [-0.2, 0) is 0 Å². The summed E-state index contributed by atoms with van der Waals surface area (Å²) in [7, 11) is 0. The molecular weight excluding hydrogens is 334 g/mol. The van der Waals surface area contributed by atoms with Gasteiger partial charge >= 0.3 is 5.97 Å². The van der Waals surface area contributed by atoms with Crippen LogP contribution in [0.1, 0.15) is 15.9 Å². The number of nitrogens with zero attached hydrogens (tertiary/aromatic N) is 1. The number of pyridine rings is 1. The summed E-state index contributed by atoms with van der Waals surface area (Å²) < 4.78 is 6.30. The van der Waals surface area contributed by atoms with Gasteiger partial charge in [0.2, 0.25) is 5.88 Å². The van der Waals surface area contributed by atoms with E-state index in [4.69, 9.17) is 16.3 Å². The highest BCUT2D eigenvalue weighted by atomic mass is 79.9. The van der Waals surface area contributed by atoms with Crippen molar-refractivity contribution >= 4 is 33.5 Å². The number of carboxylic acids is 1. The van der Waals surface area contributed by atoms with Crippen molar-refractivity contribution in [2.24, 2.45) is 0 Å². The zero-order chi connectivity index (χ0) is 14.0. The highest BCUT2D eigenvalue weighted by molar-refractivity contribution is 9.10. The molecule has 0 amide bonds. The Morgan fingerprint density at radius 2 is 2.16 bits per heavy atom. The van der Waals surface area contributed by atoms with Crippen LogP contribution in [0.15, 0.2) is 34.9 Å². The molecule has 1 aromatic heterocycles. The molecule has 1 heterocycles. The van der Waals surface area contributed by atoms with Gasteiger partial charge in [-0.1, -0.05) is 27.5 Å². The van der Waals surface area contributed by atoms with E-state index in [2.05, 4.69) is 20.9 Å². The van der Waals surface area contributed by atoms with Gasteiger partial charge in [-0.05, 0) is 36.8 Å². The van der Waals surface area contributed by atoms with E-state index in [9.17, 15) is 9.90 Å². The number of rotatable bonds is 3. The van der Waals surface area contributed by atoms with Gasteiger partial charge in [-0.25, -0.2) is 9.78 Å². The third kappa shape index (κ3) is 3.05. The quantitative estimate of drug-likeness (QED) is 0.903. The summed E-state index contributed by atoms with van der Waals surface area (Å²) in [6.07, 6.45) is 1.49. The van der Waals surface area contributed by atoms with Crippen LogP contribution in [0.25, 0.3) is 0 Å². The number of carboxylic acid groups (broad SMARTS) is 1. The van der Waals surface area contributed by atoms with E-state index in [1.807, 2.05) is 0 Å². The second kappa shape index (κ2) is 5.59. The summed E-state index contributed by atoms with van der Waals surface area (Å²) in [5.74, 6) is -0.712. The second-order valence-electron chi connectivity index (χ2n) is 3.79. The molecule has 0 saturated heterocycles. The third-order valence-electron chi connectivity index (χ3n) is 2.44. The molecule has 2 aromatic rings. The Morgan fingerprint density at radius 3 is 2.79 bits per heavy atom. The van der Waals surface area contributed by atoms with Gasteiger partial charge in [-0.15, -0.1) is 0 Å². The smallest absolute Gasteiger partial charge is 0.341 e. The van der Waals surface area contributed by atoms with E-state index in [0.29, 0.717) is 16.3 Å². The predicted molar refractivity (Wildman–Crippen MR) is 75.2 cm³/mol. The van der Waals surface area contributed by atoms with Crippen LogP contribution in [0.5, 0.6) is 11.6 Å². The molecule has 0 aliphatic carbocycles. The fourth-order valence-electron chi connectivity index (χ4n) is 1.53. The molecule has 0 aliphatic heterocycles. The average molecular weight is 343 g/mol. The number of halogens is 2. The van der Waals surface area contributed by atoms with Gasteiger partial charge in [0.15, 0.2) is 0 Å². The van der Waals surface area contributed by atoms with Crippen molar-refractivity contribution in [3.8, 4) is 11.6 Å². The van der Waals surface area contributed by atoms with Crippen LogP contribution in [0.3, 0.4) is 0 Å². The minimum Gasteiger partial charge on any atom is -0.477 e. The number of benzene rings is 1. The summed E-state index contributed by atoms with van der Waals surface area (Å²) >= 11 is 9.30. The van der Waals surface area contributed by atoms with E-state index >= 15 is 0 Å². The molecule has 1 N–H and O–H groups in total. The molecule has 19 heavy (non-hydrogen) atoms. The minimum atomic E-state index is -1.09. The van der Waals surface area contributed by atoms with E-state index in [-0.39, 0.29) is 11.4 Å². The van der Waals surface area contributed by atoms with E-state index in [1.54, 1.807) is 31.2 Å². The molecule has 6 heteroatoms. The Morgan fingerprint density at radius 1 is 1.42 bits per heavy atom. The molecule has 0 radical (unpaired) electrons. The summed E-state index contributed by atoms with van der Waals surface area (Å²) in [5, 5.41) is 9.55. The maximum absolute atomic E-state index is 11.2. The van der Waals surface area contributed by atoms with E-state index in [0.717, 1.165) is 4.47 Å². The third-order valence-corrected chi connectivity index (χ3v) is 3.23. The Labute approximate surface area is 123 Å². The molecule has 0 aliphatic rings. The number of aromatic nitrogens is 1. The standard InChI is InChI=1S/C13H9BrClNO3/c1-7-4-5-16-12(11(7)13(17)18)19-10-3-2-8(14)6-9(10)15/h2-6H,1H3,(H,17,18). The van der Waals surface area contributed by atoms with Gasteiger partial charge in [0.1, 0.15) is 11.3 Å². The van der Waals surface area contributed by atoms with Crippen molar-refractivity contribution in [2.45, 2.75) is 6.92 Å². The Balaban J connectivity index is 2.44. The highest BCUT2D eigenvalue weighted by Gasteiger charge is 2.17. The molecule has 0 atom stereocenters.